The molecule has 2 aromatic heterocycles. The van der Waals surface area contributed by atoms with Crippen LogP contribution in [0.2, 0.25) is 0 Å². The molecule has 3 aromatic rings. The van der Waals surface area contributed by atoms with Crippen molar-refractivity contribution in [2.24, 2.45) is 0 Å². The lowest BCUT2D eigenvalue weighted by atomic mass is 9.96. The molecule has 0 unspecified atom stereocenters. The van der Waals surface area contributed by atoms with Crippen molar-refractivity contribution in [3.05, 3.63) is 54.1 Å². The Hall–Kier alpha value is -2.73. The molecule has 27 heavy (non-hydrogen) atoms. The third kappa shape index (κ3) is 4.34. The number of benzene rings is 1. The highest BCUT2D eigenvalue weighted by molar-refractivity contribution is 5.64. The molecule has 4 rings (SSSR count). The molecule has 0 radical (unpaired) electrons. The minimum Gasteiger partial charge on any atom is -0.508 e. The molecule has 0 aliphatic carbocycles. The van der Waals surface area contributed by atoms with Gasteiger partial charge in [0.05, 0.1) is 5.69 Å². The van der Waals surface area contributed by atoms with E-state index in [-0.39, 0.29) is 5.75 Å². The molecule has 1 atom stereocenters. The minimum atomic E-state index is 0.274. The van der Waals surface area contributed by atoms with Crippen LogP contribution in [0.4, 0.5) is 0 Å². The third-order valence-electron chi connectivity index (χ3n) is 5.03. The first-order valence-electron chi connectivity index (χ1n) is 9.60. The zero-order chi connectivity index (χ0) is 18.6. The van der Waals surface area contributed by atoms with Crippen LogP contribution >= 0.6 is 0 Å². The Morgan fingerprint density at radius 1 is 1.19 bits per heavy atom. The van der Waals surface area contributed by atoms with Crippen LogP contribution in [-0.2, 0) is 6.42 Å². The number of aromatic hydroxyl groups is 1. The first kappa shape index (κ1) is 17.7. The molecule has 140 valence electrons. The SMILES string of the molecule is Cc1nc(-c2cc(O)cc(CC[C@@H]3CCCCN3)c2)cc(-n2cccn2)n1. The lowest BCUT2D eigenvalue weighted by Crippen LogP contribution is -2.34. The monoisotopic (exact) mass is 363 g/mol. The molecule has 1 fully saturated rings. The highest BCUT2D eigenvalue weighted by Crippen LogP contribution is 2.26. The van der Waals surface area contributed by atoms with Gasteiger partial charge in [0.2, 0.25) is 0 Å². The van der Waals surface area contributed by atoms with Gasteiger partial charge in [-0.2, -0.15) is 5.10 Å². The van der Waals surface area contributed by atoms with Crippen molar-refractivity contribution in [1.29, 1.82) is 0 Å². The molecule has 1 aromatic carbocycles. The van der Waals surface area contributed by atoms with E-state index in [0.29, 0.717) is 11.9 Å². The molecule has 1 saturated heterocycles. The summed E-state index contributed by atoms with van der Waals surface area (Å²) in [6.45, 7) is 2.99. The second kappa shape index (κ2) is 7.88. The number of piperidine rings is 1. The maximum atomic E-state index is 10.2. The normalized spacial score (nSPS) is 17.1. The van der Waals surface area contributed by atoms with Gasteiger partial charge in [0.25, 0.3) is 0 Å². The molecule has 1 aliphatic heterocycles. The first-order valence-corrected chi connectivity index (χ1v) is 9.60. The topological polar surface area (TPSA) is 75.9 Å². The molecule has 0 amide bonds. The van der Waals surface area contributed by atoms with E-state index in [1.54, 1.807) is 16.9 Å². The summed E-state index contributed by atoms with van der Waals surface area (Å²) in [7, 11) is 0. The van der Waals surface area contributed by atoms with Gasteiger partial charge in [0.1, 0.15) is 11.6 Å². The lowest BCUT2D eigenvalue weighted by Gasteiger charge is -2.23. The molecule has 2 N–H and O–H groups in total. The van der Waals surface area contributed by atoms with Crippen molar-refractivity contribution in [3.8, 4) is 22.8 Å². The quantitative estimate of drug-likeness (QED) is 0.726. The summed E-state index contributed by atoms with van der Waals surface area (Å²) in [6.07, 6.45) is 9.43. The third-order valence-corrected chi connectivity index (χ3v) is 5.03. The molecule has 0 bridgehead atoms. The summed E-state index contributed by atoms with van der Waals surface area (Å²) in [4.78, 5) is 9.03. The van der Waals surface area contributed by atoms with Gasteiger partial charge in [-0.1, -0.05) is 6.42 Å². The Morgan fingerprint density at radius 3 is 2.89 bits per heavy atom. The van der Waals surface area contributed by atoms with Gasteiger partial charge in [-0.15, -0.1) is 0 Å². The fourth-order valence-electron chi connectivity index (χ4n) is 3.70. The van der Waals surface area contributed by atoms with Crippen LogP contribution in [0.15, 0.2) is 42.7 Å². The van der Waals surface area contributed by atoms with Crippen LogP contribution in [0.1, 0.15) is 37.1 Å². The van der Waals surface area contributed by atoms with Gasteiger partial charge < -0.3 is 10.4 Å². The van der Waals surface area contributed by atoms with Crippen LogP contribution in [0.3, 0.4) is 0 Å². The summed E-state index contributed by atoms with van der Waals surface area (Å²) in [5, 5.41) is 18.1. The van der Waals surface area contributed by atoms with E-state index in [0.717, 1.165) is 42.0 Å². The van der Waals surface area contributed by atoms with Crippen molar-refractivity contribution in [1.82, 2.24) is 25.1 Å². The van der Waals surface area contributed by atoms with Gasteiger partial charge in [0.15, 0.2) is 5.82 Å². The Morgan fingerprint density at radius 2 is 2.11 bits per heavy atom. The van der Waals surface area contributed by atoms with Crippen molar-refractivity contribution in [2.75, 3.05) is 6.54 Å². The fourth-order valence-corrected chi connectivity index (χ4v) is 3.70. The van der Waals surface area contributed by atoms with E-state index in [2.05, 4.69) is 26.4 Å². The average Bonchev–Trinajstić information content (AvgIpc) is 3.21. The van der Waals surface area contributed by atoms with Crippen LogP contribution < -0.4 is 5.32 Å². The summed E-state index contributed by atoms with van der Waals surface area (Å²) in [5.74, 6) is 1.67. The van der Waals surface area contributed by atoms with Crippen LogP contribution in [0.5, 0.6) is 5.75 Å². The van der Waals surface area contributed by atoms with E-state index < -0.39 is 0 Å². The Bertz CT molecular complexity index is 901. The maximum absolute atomic E-state index is 10.2. The van der Waals surface area contributed by atoms with E-state index in [4.69, 9.17) is 0 Å². The number of aryl methyl sites for hydroxylation is 2. The second-order valence-corrected chi connectivity index (χ2v) is 7.18. The molecule has 1 aliphatic rings. The summed E-state index contributed by atoms with van der Waals surface area (Å²) < 4.78 is 1.72. The zero-order valence-electron chi connectivity index (χ0n) is 15.6. The minimum absolute atomic E-state index is 0.274. The zero-order valence-corrected chi connectivity index (χ0v) is 15.6. The van der Waals surface area contributed by atoms with Gasteiger partial charge in [-0.3, -0.25) is 0 Å². The fraction of sp³-hybridized carbons (Fsp3) is 0.381. The molecular formula is C21H25N5O. The number of aromatic nitrogens is 4. The molecule has 6 heteroatoms. The highest BCUT2D eigenvalue weighted by Gasteiger charge is 2.13. The lowest BCUT2D eigenvalue weighted by molar-refractivity contribution is 0.382. The van der Waals surface area contributed by atoms with E-state index in [1.165, 1.54) is 19.3 Å². The standard InChI is InChI=1S/C21H25N5O/c1-15-24-20(14-21(25-15)26-10-4-9-23-26)17-11-16(12-19(27)13-17)6-7-18-5-2-3-8-22-18/h4,9-14,18,22,27H,2-3,5-8H2,1H3/t18-/m0/s1. The van der Waals surface area contributed by atoms with Crippen LogP contribution in [0.25, 0.3) is 17.1 Å². The number of phenols is 1. The number of rotatable bonds is 5. The van der Waals surface area contributed by atoms with Gasteiger partial charge in [-0.25, -0.2) is 14.6 Å². The van der Waals surface area contributed by atoms with Gasteiger partial charge >= 0.3 is 0 Å². The number of nitrogens with one attached hydrogen (secondary N) is 1. The first-order chi connectivity index (χ1) is 13.2. The average molecular weight is 363 g/mol. The number of hydrogen-bond donors (Lipinski definition) is 2. The van der Waals surface area contributed by atoms with Gasteiger partial charge in [0, 0.05) is 30.1 Å². The molecular weight excluding hydrogens is 338 g/mol. The van der Waals surface area contributed by atoms with E-state index in [9.17, 15) is 5.11 Å². The van der Waals surface area contributed by atoms with Crippen LogP contribution in [-0.4, -0.2) is 37.4 Å². The van der Waals surface area contributed by atoms with Crippen molar-refractivity contribution >= 4 is 0 Å². The highest BCUT2D eigenvalue weighted by atomic mass is 16.3. The number of hydrogen-bond acceptors (Lipinski definition) is 5. The van der Waals surface area contributed by atoms with Crippen molar-refractivity contribution < 1.29 is 5.11 Å². The summed E-state index contributed by atoms with van der Waals surface area (Å²) in [6, 6.07) is 10.1. The summed E-state index contributed by atoms with van der Waals surface area (Å²) >= 11 is 0. The Kier molecular flexibility index (Phi) is 5.16. The number of nitrogens with zero attached hydrogens (tertiary/aromatic N) is 4. The molecule has 0 spiro atoms. The Labute approximate surface area is 159 Å². The van der Waals surface area contributed by atoms with Crippen molar-refractivity contribution in [3.63, 3.8) is 0 Å². The van der Waals surface area contributed by atoms with Crippen LogP contribution in [0, 0.1) is 6.92 Å². The second-order valence-electron chi connectivity index (χ2n) is 7.18. The van der Waals surface area contributed by atoms with E-state index >= 15 is 0 Å². The predicted octanol–water partition coefficient (Wildman–Crippen LogP) is 3.42. The summed E-state index contributed by atoms with van der Waals surface area (Å²) in [5.41, 5.74) is 2.83. The predicted molar refractivity (Wildman–Crippen MR) is 105 cm³/mol. The molecule has 6 nitrogen and oxygen atoms in total. The van der Waals surface area contributed by atoms with Crippen molar-refractivity contribution in [2.45, 2.75) is 45.1 Å². The molecule has 3 heterocycles. The van der Waals surface area contributed by atoms with Gasteiger partial charge in [-0.05, 0) is 69.0 Å². The number of phenolic OH excluding ortho intramolecular Hbond substituents is 1. The Balaban J connectivity index is 1.59. The van der Waals surface area contributed by atoms with E-state index in [1.807, 2.05) is 31.3 Å². The maximum Gasteiger partial charge on any atom is 0.157 e. The molecule has 0 saturated carbocycles. The smallest absolute Gasteiger partial charge is 0.157 e. The largest absolute Gasteiger partial charge is 0.508 e.